The number of nitrogens with zero attached hydrogens (tertiary/aromatic N) is 2. The lowest BCUT2D eigenvalue weighted by molar-refractivity contribution is 0.238. The predicted molar refractivity (Wildman–Crippen MR) is 75.7 cm³/mol. The highest BCUT2D eigenvalue weighted by atomic mass is 15.1. The molecule has 1 fully saturated rings. The van der Waals surface area contributed by atoms with Crippen LogP contribution in [-0.2, 0) is 0 Å². The first kappa shape index (κ1) is 13.0. The Morgan fingerprint density at radius 1 is 1.33 bits per heavy atom. The molecular formula is C16H22N2. The lowest BCUT2D eigenvalue weighted by atomic mass is 9.78. The van der Waals surface area contributed by atoms with Gasteiger partial charge in [-0.2, -0.15) is 5.26 Å². The fraction of sp³-hybridized carbons (Fsp3) is 0.562. The number of hydrogen-bond acceptors (Lipinski definition) is 2. The highest BCUT2D eigenvalue weighted by Gasteiger charge is 2.29. The molecule has 1 aromatic rings. The Hall–Kier alpha value is -1.49. The zero-order valence-electron chi connectivity index (χ0n) is 11.7. The van der Waals surface area contributed by atoms with Crippen LogP contribution < -0.4 is 4.90 Å². The van der Waals surface area contributed by atoms with Gasteiger partial charge in [-0.1, -0.05) is 26.3 Å². The molecule has 2 heteroatoms. The van der Waals surface area contributed by atoms with Gasteiger partial charge < -0.3 is 4.90 Å². The molecule has 96 valence electrons. The van der Waals surface area contributed by atoms with E-state index in [9.17, 15) is 5.26 Å². The first-order valence-corrected chi connectivity index (χ1v) is 6.84. The van der Waals surface area contributed by atoms with Gasteiger partial charge in [0.25, 0.3) is 0 Å². The van der Waals surface area contributed by atoms with Crippen molar-refractivity contribution in [1.82, 2.24) is 0 Å². The average Bonchev–Trinajstić information content (AvgIpc) is 2.39. The number of aryl methyl sites for hydroxylation is 1. The van der Waals surface area contributed by atoms with Crippen molar-refractivity contribution in [2.75, 3.05) is 18.0 Å². The SMILES string of the molecule is CCC1(C)CCN(c2cc(C)ccc2C#N)CC1. The second kappa shape index (κ2) is 5.02. The van der Waals surface area contributed by atoms with Gasteiger partial charge in [0.2, 0.25) is 0 Å². The highest BCUT2D eigenvalue weighted by molar-refractivity contribution is 5.60. The molecule has 18 heavy (non-hydrogen) atoms. The van der Waals surface area contributed by atoms with Gasteiger partial charge in [0, 0.05) is 13.1 Å². The summed E-state index contributed by atoms with van der Waals surface area (Å²) in [5.74, 6) is 0. The molecule has 2 rings (SSSR count). The molecule has 0 aliphatic carbocycles. The smallest absolute Gasteiger partial charge is 0.101 e. The quantitative estimate of drug-likeness (QED) is 0.787. The number of anilines is 1. The van der Waals surface area contributed by atoms with Gasteiger partial charge >= 0.3 is 0 Å². The fourth-order valence-electron chi connectivity index (χ4n) is 2.64. The van der Waals surface area contributed by atoms with E-state index in [0.29, 0.717) is 5.41 Å². The van der Waals surface area contributed by atoms with Gasteiger partial charge in [-0.25, -0.2) is 0 Å². The summed E-state index contributed by atoms with van der Waals surface area (Å²) in [6.45, 7) is 8.89. The zero-order valence-corrected chi connectivity index (χ0v) is 11.7. The van der Waals surface area contributed by atoms with Crippen LogP contribution in [-0.4, -0.2) is 13.1 Å². The molecule has 0 unspecified atom stereocenters. The normalized spacial score (nSPS) is 18.4. The first-order chi connectivity index (χ1) is 8.58. The molecule has 1 heterocycles. The van der Waals surface area contributed by atoms with Crippen molar-refractivity contribution in [3.05, 3.63) is 29.3 Å². The molecule has 1 saturated heterocycles. The summed E-state index contributed by atoms with van der Waals surface area (Å²) in [4.78, 5) is 2.38. The summed E-state index contributed by atoms with van der Waals surface area (Å²) in [5.41, 5.74) is 3.65. The van der Waals surface area contributed by atoms with Gasteiger partial charge in [-0.3, -0.25) is 0 Å². The second-order valence-electron chi connectivity index (χ2n) is 5.78. The monoisotopic (exact) mass is 242 g/mol. The van der Waals surface area contributed by atoms with Gasteiger partial charge in [0.05, 0.1) is 11.3 Å². The molecule has 0 bridgehead atoms. The maximum atomic E-state index is 9.21. The molecule has 0 saturated carbocycles. The van der Waals surface area contributed by atoms with E-state index in [-0.39, 0.29) is 0 Å². The van der Waals surface area contributed by atoms with Crippen LogP contribution in [0, 0.1) is 23.7 Å². The predicted octanol–water partition coefficient (Wildman–Crippen LogP) is 3.88. The summed E-state index contributed by atoms with van der Waals surface area (Å²) in [6, 6.07) is 8.42. The molecule has 0 N–H and O–H groups in total. The van der Waals surface area contributed by atoms with E-state index in [0.717, 1.165) is 24.3 Å². The van der Waals surface area contributed by atoms with E-state index >= 15 is 0 Å². The van der Waals surface area contributed by atoms with Crippen molar-refractivity contribution in [2.24, 2.45) is 5.41 Å². The van der Waals surface area contributed by atoms with E-state index in [4.69, 9.17) is 0 Å². The van der Waals surface area contributed by atoms with E-state index in [1.807, 2.05) is 12.1 Å². The van der Waals surface area contributed by atoms with E-state index in [1.165, 1.54) is 24.8 Å². The van der Waals surface area contributed by atoms with Crippen LogP contribution in [0.25, 0.3) is 0 Å². The molecule has 2 nitrogen and oxygen atoms in total. The number of hydrogen-bond donors (Lipinski definition) is 0. The molecule has 0 spiro atoms. The maximum Gasteiger partial charge on any atom is 0.101 e. The van der Waals surface area contributed by atoms with Crippen LogP contribution in [0.15, 0.2) is 18.2 Å². The third-order valence-corrected chi connectivity index (χ3v) is 4.44. The van der Waals surface area contributed by atoms with Crippen LogP contribution in [0.5, 0.6) is 0 Å². The minimum absolute atomic E-state index is 0.493. The van der Waals surface area contributed by atoms with Crippen LogP contribution in [0.1, 0.15) is 44.2 Å². The van der Waals surface area contributed by atoms with Crippen LogP contribution in [0.4, 0.5) is 5.69 Å². The molecule has 0 atom stereocenters. The number of piperidine rings is 1. The van der Waals surface area contributed by atoms with Gasteiger partial charge in [-0.05, 0) is 42.9 Å². The van der Waals surface area contributed by atoms with Gasteiger partial charge in [0.15, 0.2) is 0 Å². The summed E-state index contributed by atoms with van der Waals surface area (Å²) < 4.78 is 0. The largest absolute Gasteiger partial charge is 0.370 e. The number of rotatable bonds is 2. The third kappa shape index (κ3) is 2.51. The number of benzene rings is 1. The van der Waals surface area contributed by atoms with Crippen molar-refractivity contribution in [3.8, 4) is 6.07 Å². The summed E-state index contributed by atoms with van der Waals surface area (Å²) in [7, 11) is 0. The second-order valence-corrected chi connectivity index (χ2v) is 5.78. The molecular weight excluding hydrogens is 220 g/mol. The Kier molecular flexibility index (Phi) is 3.61. The minimum Gasteiger partial charge on any atom is -0.370 e. The Morgan fingerprint density at radius 3 is 2.56 bits per heavy atom. The Bertz CT molecular complexity index is 462. The standard InChI is InChI=1S/C16H22N2/c1-4-16(3)7-9-18(10-8-16)15-11-13(2)5-6-14(15)12-17/h5-6,11H,4,7-10H2,1-3H3. The highest BCUT2D eigenvalue weighted by Crippen LogP contribution is 2.36. The van der Waals surface area contributed by atoms with Gasteiger partial charge in [-0.15, -0.1) is 0 Å². The molecule has 0 radical (unpaired) electrons. The van der Waals surface area contributed by atoms with Crippen molar-refractivity contribution in [2.45, 2.75) is 40.0 Å². The van der Waals surface area contributed by atoms with E-state index < -0.39 is 0 Å². The zero-order chi connectivity index (χ0) is 13.2. The van der Waals surface area contributed by atoms with Crippen molar-refractivity contribution < 1.29 is 0 Å². The average molecular weight is 242 g/mol. The fourth-order valence-corrected chi connectivity index (χ4v) is 2.64. The van der Waals surface area contributed by atoms with Gasteiger partial charge in [0.1, 0.15) is 6.07 Å². The summed E-state index contributed by atoms with van der Waals surface area (Å²) in [6.07, 6.45) is 3.70. The van der Waals surface area contributed by atoms with Crippen molar-refractivity contribution >= 4 is 5.69 Å². The third-order valence-electron chi connectivity index (χ3n) is 4.44. The molecule has 1 aromatic carbocycles. The molecule has 0 amide bonds. The summed E-state index contributed by atoms with van der Waals surface area (Å²) >= 11 is 0. The van der Waals surface area contributed by atoms with Crippen molar-refractivity contribution in [3.63, 3.8) is 0 Å². The maximum absolute atomic E-state index is 9.21. The topological polar surface area (TPSA) is 27.0 Å². The molecule has 0 aromatic heterocycles. The van der Waals surface area contributed by atoms with E-state index in [1.54, 1.807) is 0 Å². The Labute approximate surface area is 110 Å². The lowest BCUT2D eigenvalue weighted by Gasteiger charge is -2.40. The molecule has 1 aliphatic rings. The Morgan fingerprint density at radius 2 is 2.00 bits per heavy atom. The summed E-state index contributed by atoms with van der Waals surface area (Å²) in [5, 5.41) is 9.21. The van der Waals surface area contributed by atoms with Crippen LogP contribution in [0.2, 0.25) is 0 Å². The van der Waals surface area contributed by atoms with Crippen LogP contribution in [0.3, 0.4) is 0 Å². The van der Waals surface area contributed by atoms with Crippen LogP contribution >= 0.6 is 0 Å². The minimum atomic E-state index is 0.493. The number of nitriles is 1. The van der Waals surface area contributed by atoms with Crippen molar-refractivity contribution in [1.29, 1.82) is 5.26 Å². The van der Waals surface area contributed by atoms with E-state index in [2.05, 4.69) is 37.8 Å². The lowest BCUT2D eigenvalue weighted by Crippen LogP contribution is -2.38. The molecule has 1 aliphatic heterocycles. The Balaban J connectivity index is 2.20. The first-order valence-electron chi connectivity index (χ1n) is 6.84.